The first-order chi connectivity index (χ1) is 13.8. The van der Waals surface area contributed by atoms with Gasteiger partial charge in [-0.15, -0.1) is 0 Å². The largest absolute Gasteiger partial charge is 0.271 e. The molecule has 0 spiro atoms. The third kappa shape index (κ3) is 6.10. The fourth-order valence-electron chi connectivity index (χ4n) is 2.73. The quantitative estimate of drug-likeness (QED) is 0.433. The average Bonchev–Trinajstić information content (AvgIpc) is 2.70. The van der Waals surface area contributed by atoms with Crippen molar-refractivity contribution in [3.63, 3.8) is 0 Å². The summed E-state index contributed by atoms with van der Waals surface area (Å²) in [6, 6.07) is 23.5. The van der Waals surface area contributed by atoms with Crippen molar-refractivity contribution in [3.8, 4) is 0 Å². The second kappa shape index (κ2) is 9.15. The van der Waals surface area contributed by atoms with Crippen molar-refractivity contribution >= 4 is 37.4 Å². The van der Waals surface area contributed by atoms with Gasteiger partial charge in [0.25, 0.3) is 5.91 Å². The van der Waals surface area contributed by atoms with Crippen molar-refractivity contribution < 1.29 is 13.2 Å². The first-order valence-electron chi connectivity index (χ1n) is 8.78. The van der Waals surface area contributed by atoms with E-state index in [1.54, 1.807) is 48.5 Å². The van der Waals surface area contributed by atoms with Gasteiger partial charge in [0.05, 0.1) is 11.5 Å². The van der Waals surface area contributed by atoms with E-state index in [2.05, 4.69) is 26.5 Å². The van der Waals surface area contributed by atoms with Crippen molar-refractivity contribution in [1.29, 1.82) is 0 Å². The molecule has 3 aromatic rings. The maximum atomic E-state index is 12.4. The van der Waals surface area contributed by atoms with Crippen LogP contribution in [0.3, 0.4) is 0 Å². The normalized spacial score (nSPS) is 11.9. The molecule has 1 amide bonds. The van der Waals surface area contributed by atoms with E-state index in [0.717, 1.165) is 15.6 Å². The highest BCUT2D eigenvalue weighted by Crippen LogP contribution is 2.17. The van der Waals surface area contributed by atoms with Crippen molar-refractivity contribution in [3.05, 3.63) is 106 Å². The zero-order valence-corrected chi connectivity index (χ0v) is 18.1. The van der Waals surface area contributed by atoms with Gasteiger partial charge in [0, 0.05) is 27.4 Å². The summed E-state index contributed by atoms with van der Waals surface area (Å²) in [4.78, 5) is 12.4. The molecular weight excluding hydrogens is 452 g/mol. The second-order valence-electron chi connectivity index (χ2n) is 6.54. The number of amides is 1. The Labute approximate surface area is 178 Å². The lowest BCUT2D eigenvalue weighted by molar-refractivity contribution is 0.0955. The highest BCUT2D eigenvalue weighted by molar-refractivity contribution is 9.10. The van der Waals surface area contributed by atoms with Gasteiger partial charge in [0.2, 0.25) is 0 Å². The molecule has 0 fully saturated rings. The van der Waals surface area contributed by atoms with Gasteiger partial charge >= 0.3 is 0 Å². The van der Waals surface area contributed by atoms with Gasteiger partial charge in [-0.1, -0.05) is 70.5 Å². The fourth-order valence-corrected chi connectivity index (χ4v) is 3.79. The molecule has 0 aromatic heterocycles. The third-order valence-electron chi connectivity index (χ3n) is 4.08. The molecule has 0 aliphatic heterocycles. The standard InChI is InChI=1S/C22H19BrN2O3S/c1-29(27,28)15-16-7-9-17(10-8-16)21(18-11-13-20(23)14-12-18)24-25-22(26)19-5-3-2-4-6-19/h2-14H,15H2,1H3,(H,25,26). The lowest BCUT2D eigenvalue weighted by atomic mass is 10.0. The molecule has 0 unspecified atom stereocenters. The predicted molar refractivity (Wildman–Crippen MR) is 119 cm³/mol. The van der Waals surface area contributed by atoms with Gasteiger partial charge < -0.3 is 0 Å². The molecule has 7 heteroatoms. The number of halogens is 1. The van der Waals surface area contributed by atoms with E-state index in [4.69, 9.17) is 0 Å². The summed E-state index contributed by atoms with van der Waals surface area (Å²) >= 11 is 3.41. The number of benzene rings is 3. The summed E-state index contributed by atoms with van der Waals surface area (Å²) in [5.41, 5.74) is 5.96. The summed E-state index contributed by atoms with van der Waals surface area (Å²) in [7, 11) is -3.11. The van der Waals surface area contributed by atoms with Crippen LogP contribution >= 0.6 is 15.9 Å². The van der Waals surface area contributed by atoms with E-state index in [1.807, 2.05) is 30.3 Å². The number of sulfone groups is 1. The Hall–Kier alpha value is -2.77. The minimum absolute atomic E-state index is 0.0250. The van der Waals surface area contributed by atoms with Crippen LogP contribution < -0.4 is 5.43 Å². The maximum Gasteiger partial charge on any atom is 0.271 e. The number of hydrazone groups is 1. The van der Waals surface area contributed by atoms with Gasteiger partial charge in [0.15, 0.2) is 9.84 Å². The van der Waals surface area contributed by atoms with E-state index in [-0.39, 0.29) is 11.7 Å². The predicted octanol–water partition coefficient (Wildman–Crippen LogP) is 4.18. The summed E-state index contributed by atoms with van der Waals surface area (Å²) in [5.74, 6) is -0.336. The van der Waals surface area contributed by atoms with Gasteiger partial charge in [-0.2, -0.15) is 5.10 Å². The minimum atomic E-state index is -3.11. The number of nitrogens with zero attached hydrogens (tertiary/aromatic N) is 1. The number of carbonyl (C=O) groups excluding carboxylic acids is 1. The van der Waals surface area contributed by atoms with Crippen LogP contribution in [0.1, 0.15) is 27.0 Å². The fraction of sp³-hybridized carbons (Fsp3) is 0.0909. The van der Waals surface area contributed by atoms with E-state index < -0.39 is 9.84 Å². The van der Waals surface area contributed by atoms with Gasteiger partial charge in [-0.25, -0.2) is 13.8 Å². The zero-order valence-electron chi connectivity index (χ0n) is 15.7. The smallest absolute Gasteiger partial charge is 0.267 e. The number of hydrogen-bond acceptors (Lipinski definition) is 4. The van der Waals surface area contributed by atoms with E-state index in [1.165, 1.54) is 6.26 Å². The summed E-state index contributed by atoms with van der Waals surface area (Å²) in [5, 5.41) is 4.36. The molecule has 3 rings (SSSR count). The third-order valence-corrected chi connectivity index (χ3v) is 5.47. The molecule has 0 atom stereocenters. The van der Waals surface area contributed by atoms with Crippen molar-refractivity contribution in [2.75, 3.05) is 6.26 Å². The lowest BCUT2D eigenvalue weighted by Crippen LogP contribution is -2.20. The van der Waals surface area contributed by atoms with E-state index >= 15 is 0 Å². The molecule has 0 aliphatic rings. The molecule has 0 bridgehead atoms. The van der Waals surface area contributed by atoms with Crippen LogP contribution in [0.15, 0.2) is 88.4 Å². The van der Waals surface area contributed by atoms with Gasteiger partial charge in [-0.05, 0) is 29.8 Å². The monoisotopic (exact) mass is 470 g/mol. The van der Waals surface area contributed by atoms with Crippen LogP contribution in [-0.2, 0) is 15.6 Å². The number of rotatable bonds is 6. The SMILES string of the molecule is CS(=O)(=O)Cc1ccc(C(=NNC(=O)c2ccccc2)c2ccc(Br)cc2)cc1. The molecule has 5 nitrogen and oxygen atoms in total. The molecule has 148 valence electrons. The second-order valence-corrected chi connectivity index (χ2v) is 9.60. The Bertz CT molecular complexity index is 1120. The first-order valence-corrected chi connectivity index (χ1v) is 11.6. The number of nitrogens with one attached hydrogen (secondary N) is 1. The summed E-state index contributed by atoms with van der Waals surface area (Å²) < 4.78 is 23.9. The molecule has 0 heterocycles. The molecule has 1 N–H and O–H groups in total. The molecular formula is C22H19BrN2O3S. The Balaban J connectivity index is 1.93. The molecule has 0 radical (unpaired) electrons. The highest BCUT2D eigenvalue weighted by Gasteiger charge is 2.11. The Morgan fingerprint density at radius 1 is 0.862 bits per heavy atom. The van der Waals surface area contributed by atoms with Gasteiger partial charge in [0.1, 0.15) is 0 Å². The topological polar surface area (TPSA) is 75.6 Å². The maximum absolute atomic E-state index is 12.4. The lowest BCUT2D eigenvalue weighted by Gasteiger charge is -2.09. The van der Waals surface area contributed by atoms with Crippen LogP contribution in [0, 0.1) is 0 Å². The Kier molecular flexibility index (Phi) is 6.61. The van der Waals surface area contributed by atoms with E-state index in [9.17, 15) is 13.2 Å². The van der Waals surface area contributed by atoms with E-state index in [0.29, 0.717) is 16.8 Å². The Morgan fingerprint density at radius 2 is 1.41 bits per heavy atom. The van der Waals surface area contributed by atoms with Crippen LogP contribution in [0.5, 0.6) is 0 Å². The van der Waals surface area contributed by atoms with Crippen molar-refractivity contribution in [1.82, 2.24) is 5.43 Å². The number of hydrogen-bond donors (Lipinski definition) is 1. The average molecular weight is 471 g/mol. The highest BCUT2D eigenvalue weighted by atomic mass is 79.9. The molecule has 0 saturated heterocycles. The van der Waals surface area contributed by atoms with Crippen LogP contribution in [0.2, 0.25) is 0 Å². The summed E-state index contributed by atoms with van der Waals surface area (Å²) in [6.45, 7) is 0. The zero-order chi connectivity index (χ0) is 20.9. The summed E-state index contributed by atoms with van der Waals surface area (Å²) in [6.07, 6.45) is 1.20. The molecule has 0 aliphatic carbocycles. The first kappa shape index (κ1) is 21.0. The Morgan fingerprint density at radius 3 is 1.97 bits per heavy atom. The van der Waals surface area contributed by atoms with Crippen LogP contribution in [-0.4, -0.2) is 26.3 Å². The molecule has 0 saturated carbocycles. The molecule has 3 aromatic carbocycles. The van der Waals surface area contributed by atoms with Crippen LogP contribution in [0.25, 0.3) is 0 Å². The minimum Gasteiger partial charge on any atom is -0.267 e. The van der Waals surface area contributed by atoms with Crippen molar-refractivity contribution in [2.45, 2.75) is 5.75 Å². The van der Waals surface area contributed by atoms with Crippen molar-refractivity contribution in [2.24, 2.45) is 5.10 Å². The molecule has 29 heavy (non-hydrogen) atoms. The van der Waals surface area contributed by atoms with Crippen LogP contribution in [0.4, 0.5) is 0 Å². The number of carbonyl (C=O) groups is 1. The van der Waals surface area contributed by atoms with Gasteiger partial charge in [-0.3, -0.25) is 4.79 Å².